The smallest absolute Gasteiger partial charge is 0.339 e. The number of amides is 2. The van der Waals surface area contributed by atoms with Gasteiger partial charge in [-0.15, -0.1) is 0 Å². The Balaban J connectivity index is 1.95. The number of nitrogens with one attached hydrogen (secondary N) is 2. The fourth-order valence-electron chi connectivity index (χ4n) is 3.06. The van der Waals surface area contributed by atoms with Crippen LogP contribution in [0.15, 0.2) is 78.9 Å². The highest BCUT2D eigenvalue weighted by molar-refractivity contribution is 5.97. The fraction of sp³-hybridized carbons (Fsp3) is 0.125. The largest absolute Gasteiger partial charge is 0.449 e. The number of esters is 1. The van der Waals surface area contributed by atoms with Crippen molar-refractivity contribution in [2.24, 2.45) is 0 Å². The molecule has 0 spiro atoms. The molecule has 152 valence electrons. The van der Waals surface area contributed by atoms with E-state index in [1.807, 2.05) is 60.7 Å². The Morgan fingerprint density at radius 1 is 0.700 bits per heavy atom. The van der Waals surface area contributed by atoms with Crippen LogP contribution in [0.1, 0.15) is 41.4 Å². The quantitative estimate of drug-likeness (QED) is 0.593. The molecule has 3 aromatic carbocycles. The normalized spacial score (nSPS) is 10.4. The van der Waals surface area contributed by atoms with Crippen LogP contribution in [0.4, 0.5) is 11.4 Å². The first-order valence-electron chi connectivity index (χ1n) is 9.43. The van der Waals surface area contributed by atoms with Gasteiger partial charge in [0.1, 0.15) is 0 Å². The highest BCUT2D eigenvalue weighted by atomic mass is 16.5. The number of ether oxygens (including phenoxy) is 1. The van der Waals surface area contributed by atoms with E-state index in [-0.39, 0.29) is 17.4 Å². The molecule has 0 atom stereocenters. The van der Waals surface area contributed by atoms with Crippen LogP contribution in [0.3, 0.4) is 0 Å². The van der Waals surface area contributed by atoms with E-state index in [1.54, 1.807) is 6.07 Å². The van der Waals surface area contributed by atoms with Crippen molar-refractivity contribution >= 4 is 29.2 Å². The Labute approximate surface area is 174 Å². The maximum absolute atomic E-state index is 13.0. The predicted octanol–water partition coefficient (Wildman–Crippen LogP) is 4.55. The second-order valence-corrected chi connectivity index (χ2v) is 6.77. The van der Waals surface area contributed by atoms with E-state index in [1.165, 1.54) is 26.0 Å². The summed E-state index contributed by atoms with van der Waals surface area (Å²) in [6.45, 7) is 2.73. The van der Waals surface area contributed by atoms with Gasteiger partial charge in [-0.2, -0.15) is 0 Å². The van der Waals surface area contributed by atoms with E-state index >= 15 is 0 Å². The van der Waals surface area contributed by atoms with Crippen LogP contribution in [-0.2, 0) is 14.3 Å². The summed E-state index contributed by atoms with van der Waals surface area (Å²) in [4.78, 5) is 36.0. The molecule has 0 saturated heterocycles. The van der Waals surface area contributed by atoms with E-state index in [4.69, 9.17) is 4.74 Å². The van der Waals surface area contributed by atoms with Crippen molar-refractivity contribution in [1.29, 1.82) is 0 Å². The van der Waals surface area contributed by atoms with Crippen molar-refractivity contribution in [3.63, 3.8) is 0 Å². The van der Waals surface area contributed by atoms with Crippen molar-refractivity contribution in [2.45, 2.75) is 20.0 Å². The van der Waals surface area contributed by atoms with Gasteiger partial charge in [0.25, 0.3) is 0 Å². The van der Waals surface area contributed by atoms with E-state index in [2.05, 4.69) is 10.6 Å². The minimum Gasteiger partial charge on any atom is -0.449 e. The minimum atomic E-state index is -0.603. The van der Waals surface area contributed by atoms with Crippen LogP contribution >= 0.6 is 0 Å². The van der Waals surface area contributed by atoms with Gasteiger partial charge in [-0.3, -0.25) is 9.59 Å². The lowest BCUT2D eigenvalue weighted by Crippen LogP contribution is -2.15. The van der Waals surface area contributed by atoms with Gasteiger partial charge in [-0.25, -0.2) is 4.79 Å². The first-order valence-corrected chi connectivity index (χ1v) is 9.43. The zero-order valence-corrected chi connectivity index (χ0v) is 16.7. The second-order valence-electron chi connectivity index (χ2n) is 6.77. The summed E-state index contributed by atoms with van der Waals surface area (Å²) in [5, 5.41) is 5.26. The van der Waals surface area contributed by atoms with Gasteiger partial charge in [0.05, 0.1) is 5.56 Å². The van der Waals surface area contributed by atoms with Crippen molar-refractivity contribution in [2.75, 3.05) is 10.6 Å². The van der Waals surface area contributed by atoms with Crippen LogP contribution in [-0.4, -0.2) is 17.8 Å². The van der Waals surface area contributed by atoms with E-state index in [0.717, 1.165) is 11.1 Å². The zero-order valence-electron chi connectivity index (χ0n) is 16.7. The molecular formula is C24H22N2O4. The number of carbonyl (C=O) groups is 3. The molecule has 6 nitrogen and oxygen atoms in total. The highest BCUT2D eigenvalue weighted by Gasteiger charge is 2.21. The summed E-state index contributed by atoms with van der Waals surface area (Å²) < 4.78 is 5.86. The molecule has 0 fully saturated rings. The molecule has 0 aliphatic carbocycles. The number of hydrogen-bond acceptors (Lipinski definition) is 4. The van der Waals surface area contributed by atoms with Crippen LogP contribution in [0, 0.1) is 0 Å². The summed E-state index contributed by atoms with van der Waals surface area (Å²) in [6, 6.07) is 23.5. The summed E-state index contributed by atoms with van der Waals surface area (Å²) in [7, 11) is 0. The minimum absolute atomic E-state index is 0.210. The Morgan fingerprint density at radius 3 is 1.53 bits per heavy atom. The number of carbonyl (C=O) groups excluding carboxylic acids is 3. The first kappa shape index (κ1) is 20.8. The Morgan fingerprint density at radius 2 is 1.13 bits per heavy atom. The van der Waals surface area contributed by atoms with E-state index < -0.39 is 12.1 Å². The third-order valence-electron chi connectivity index (χ3n) is 4.24. The SMILES string of the molecule is CC(=O)Nc1cc(NC(C)=O)cc(C(=O)OC(c2ccccc2)c2ccccc2)c1. The van der Waals surface area contributed by atoms with Crippen molar-refractivity contribution in [1.82, 2.24) is 0 Å². The number of anilines is 2. The van der Waals surface area contributed by atoms with Crippen molar-refractivity contribution < 1.29 is 19.1 Å². The van der Waals surface area contributed by atoms with Gasteiger partial charge in [0, 0.05) is 25.2 Å². The monoisotopic (exact) mass is 402 g/mol. The second kappa shape index (κ2) is 9.52. The van der Waals surface area contributed by atoms with Crippen molar-refractivity contribution in [3.8, 4) is 0 Å². The van der Waals surface area contributed by atoms with Gasteiger partial charge in [-0.1, -0.05) is 60.7 Å². The Hall–Kier alpha value is -3.93. The van der Waals surface area contributed by atoms with Crippen LogP contribution in [0.25, 0.3) is 0 Å². The van der Waals surface area contributed by atoms with Crippen LogP contribution in [0.5, 0.6) is 0 Å². The predicted molar refractivity (Wildman–Crippen MR) is 115 cm³/mol. The topological polar surface area (TPSA) is 84.5 Å². The molecule has 0 aliphatic heterocycles. The van der Waals surface area contributed by atoms with E-state index in [9.17, 15) is 14.4 Å². The molecule has 0 bridgehead atoms. The molecule has 0 aliphatic rings. The van der Waals surface area contributed by atoms with Gasteiger partial charge in [-0.05, 0) is 29.3 Å². The highest BCUT2D eigenvalue weighted by Crippen LogP contribution is 2.28. The van der Waals surface area contributed by atoms with Crippen molar-refractivity contribution in [3.05, 3.63) is 95.6 Å². The molecular weight excluding hydrogens is 380 g/mol. The molecule has 0 aromatic heterocycles. The summed E-state index contributed by atoms with van der Waals surface area (Å²) in [5.41, 5.74) is 2.64. The standard InChI is InChI=1S/C24H22N2O4/c1-16(27)25-21-13-20(14-22(15-21)26-17(2)28)24(29)30-23(18-9-5-3-6-10-18)19-11-7-4-8-12-19/h3-15,23H,1-2H3,(H,25,27)(H,26,28). The first-order chi connectivity index (χ1) is 14.4. The Kier molecular flexibility index (Phi) is 6.60. The van der Waals surface area contributed by atoms with Gasteiger partial charge >= 0.3 is 5.97 Å². The molecule has 0 heterocycles. The third kappa shape index (κ3) is 5.54. The number of rotatable bonds is 6. The number of hydrogen-bond donors (Lipinski definition) is 2. The summed E-state index contributed by atoms with van der Waals surface area (Å²) >= 11 is 0. The van der Waals surface area contributed by atoms with E-state index in [0.29, 0.717) is 11.4 Å². The molecule has 0 radical (unpaired) electrons. The number of benzene rings is 3. The molecule has 2 amide bonds. The lowest BCUT2D eigenvalue weighted by molar-refractivity contribution is -0.115. The average molecular weight is 402 g/mol. The third-order valence-corrected chi connectivity index (χ3v) is 4.24. The summed E-state index contributed by atoms with van der Waals surface area (Å²) in [5.74, 6) is -1.16. The Bertz CT molecular complexity index is 976. The van der Waals surface area contributed by atoms with Gasteiger partial charge in [0.15, 0.2) is 6.10 Å². The maximum Gasteiger partial charge on any atom is 0.339 e. The fourth-order valence-corrected chi connectivity index (χ4v) is 3.06. The van der Waals surface area contributed by atoms with Gasteiger partial charge in [0.2, 0.25) is 11.8 Å². The molecule has 0 saturated carbocycles. The molecule has 6 heteroatoms. The average Bonchev–Trinajstić information content (AvgIpc) is 2.72. The van der Waals surface area contributed by atoms with Crippen LogP contribution in [0.2, 0.25) is 0 Å². The molecule has 30 heavy (non-hydrogen) atoms. The molecule has 3 aromatic rings. The molecule has 0 unspecified atom stereocenters. The lowest BCUT2D eigenvalue weighted by atomic mass is 10.0. The van der Waals surface area contributed by atoms with Crippen LogP contribution < -0.4 is 10.6 Å². The zero-order chi connectivity index (χ0) is 21.5. The lowest BCUT2D eigenvalue weighted by Gasteiger charge is -2.19. The van der Waals surface area contributed by atoms with Gasteiger partial charge < -0.3 is 15.4 Å². The summed E-state index contributed by atoms with van der Waals surface area (Å²) in [6.07, 6.45) is -0.603. The molecule has 3 rings (SSSR count). The molecule has 2 N–H and O–H groups in total. The maximum atomic E-state index is 13.0.